The van der Waals surface area contributed by atoms with E-state index in [2.05, 4.69) is 110 Å². The van der Waals surface area contributed by atoms with Gasteiger partial charge in [-0.2, -0.15) is 0 Å². The number of fused-ring (bicyclic) bond motifs is 7. The van der Waals surface area contributed by atoms with E-state index in [1.807, 2.05) is 72.8 Å². The highest BCUT2D eigenvalue weighted by Crippen LogP contribution is 2.36. The smallest absolute Gasteiger partial charge is 0.182 e. The van der Waals surface area contributed by atoms with Gasteiger partial charge in [-0.05, 0) is 72.8 Å². The number of rotatable bonds is 12. The fraction of sp³-hybridized carbons (Fsp3) is 0.0533. The number of anilines is 2. The molecule has 24 nitrogen and oxygen atoms in total. The second kappa shape index (κ2) is 32.9. The third-order valence-electron chi connectivity index (χ3n) is 16.2. The van der Waals surface area contributed by atoms with Gasteiger partial charge in [0.05, 0.1) is 120 Å². The van der Waals surface area contributed by atoms with Gasteiger partial charge in [-0.15, -0.1) is 0 Å². The van der Waals surface area contributed by atoms with Crippen LogP contribution in [-0.4, -0.2) is 99.7 Å². The summed E-state index contributed by atoms with van der Waals surface area (Å²) in [6, 6.07) is 47.9. The van der Waals surface area contributed by atoms with Crippen molar-refractivity contribution in [3.8, 4) is 45.0 Å². The number of aromatic amines is 3. The normalized spacial score (nSPS) is 11.1. The lowest BCUT2D eigenvalue weighted by molar-refractivity contribution is 0.635. The van der Waals surface area contributed by atoms with Crippen molar-refractivity contribution in [3.05, 3.63) is 279 Å². The molecule has 10 heterocycles. The Bertz CT molecular complexity index is 6330. The fourth-order valence-electron chi connectivity index (χ4n) is 11.2. The number of halogens is 9. The van der Waals surface area contributed by atoms with Crippen LogP contribution in [0.25, 0.3) is 123 Å². The summed E-state index contributed by atoms with van der Waals surface area (Å²) in [6.07, 6.45) is 8.87. The Morgan fingerprint density at radius 1 is 0.306 bits per heavy atom. The van der Waals surface area contributed by atoms with Crippen molar-refractivity contribution < 1.29 is 17.6 Å². The van der Waals surface area contributed by atoms with Crippen molar-refractivity contribution >= 4 is 147 Å². The lowest BCUT2D eigenvalue weighted by Crippen LogP contribution is -2.08. The molecular weight excluding hydrogens is 1490 g/mol. The Kier molecular flexibility index (Phi) is 22.0. The molecule has 0 unspecified atom stereocenters. The van der Waals surface area contributed by atoms with E-state index in [-0.39, 0.29) is 41.7 Å². The number of hydrogen-bond donors (Lipinski definition) is 7. The first-order valence-electron chi connectivity index (χ1n) is 32.5. The van der Waals surface area contributed by atoms with Crippen LogP contribution < -0.4 is 22.1 Å². The topological polar surface area (TPSA) is 343 Å². The van der Waals surface area contributed by atoms with E-state index in [1.165, 1.54) is 49.6 Å². The van der Waals surface area contributed by atoms with E-state index < -0.39 is 23.3 Å². The van der Waals surface area contributed by atoms with E-state index in [0.717, 1.165) is 11.1 Å². The van der Waals surface area contributed by atoms with Gasteiger partial charge in [0.15, 0.2) is 57.0 Å². The maximum atomic E-state index is 14.3. The largest absolute Gasteiger partial charge is 0.362 e. The van der Waals surface area contributed by atoms with E-state index in [0.29, 0.717) is 156 Å². The summed E-state index contributed by atoms with van der Waals surface area (Å²) in [5.41, 5.74) is 25.3. The molecule has 18 aromatic rings. The van der Waals surface area contributed by atoms with Gasteiger partial charge >= 0.3 is 0 Å². The summed E-state index contributed by atoms with van der Waals surface area (Å²) < 4.78 is 56.2. The van der Waals surface area contributed by atoms with E-state index >= 15 is 0 Å². The van der Waals surface area contributed by atoms with Gasteiger partial charge in [0.2, 0.25) is 0 Å². The summed E-state index contributed by atoms with van der Waals surface area (Å²) in [4.78, 5) is 81.2. The molecule has 0 atom stereocenters. The highest BCUT2D eigenvalue weighted by Gasteiger charge is 2.21. The summed E-state index contributed by atoms with van der Waals surface area (Å²) >= 11 is 30.8. The van der Waals surface area contributed by atoms with Gasteiger partial charge in [0.1, 0.15) is 57.6 Å². The molecule has 0 fully saturated rings. The Hall–Kier alpha value is -12.5. The third kappa shape index (κ3) is 15.7. The number of hydrogen-bond acceptors (Lipinski definition) is 21. The number of benzene rings is 8. The molecule has 10 aromatic heterocycles. The molecule has 9 N–H and O–H groups in total. The van der Waals surface area contributed by atoms with Crippen molar-refractivity contribution in [2.24, 2.45) is 11.5 Å². The molecule has 108 heavy (non-hydrogen) atoms. The molecule has 0 spiro atoms. The number of nitrogens with two attached hydrogens (primary N) is 2. The lowest BCUT2D eigenvalue weighted by Gasteiger charge is -2.13. The molecule has 0 saturated carbocycles. The zero-order valence-corrected chi connectivity index (χ0v) is 59.4. The molecule has 0 amide bonds. The molecule has 0 radical (unpaired) electrons. The van der Waals surface area contributed by atoms with Crippen LogP contribution in [0.1, 0.15) is 22.8 Å². The summed E-state index contributed by atoms with van der Waals surface area (Å²) in [6.45, 7) is 0.923. The minimum atomic E-state index is -0.433. The average molecular weight is 1540 g/mol. The molecular formula is C75H51Cl5F4N24. The zero-order valence-electron chi connectivity index (χ0n) is 55.6. The van der Waals surface area contributed by atoms with Crippen molar-refractivity contribution in [3.63, 3.8) is 0 Å². The molecule has 0 aliphatic carbocycles. The minimum absolute atomic E-state index is 0.165. The van der Waals surface area contributed by atoms with Crippen molar-refractivity contribution in [1.82, 2.24) is 99.7 Å². The second-order valence-corrected chi connectivity index (χ2v) is 24.9. The number of nitrogens with one attached hydrogen (secondary N) is 5. The molecule has 0 saturated heterocycles. The predicted octanol–water partition coefficient (Wildman–Crippen LogP) is 16.8. The number of H-pyrrole nitrogens is 3. The highest BCUT2D eigenvalue weighted by molar-refractivity contribution is 6.35. The number of imidazole rings is 3. The van der Waals surface area contributed by atoms with Crippen LogP contribution in [0, 0.1) is 23.3 Å². The van der Waals surface area contributed by atoms with E-state index in [9.17, 15) is 17.6 Å². The third-order valence-corrected chi connectivity index (χ3v) is 17.8. The first-order chi connectivity index (χ1) is 52.7. The van der Waals surface area contributed by atoms with Crippen LogP contribution in [0.5, 0.6) is 0 Å². The van der Waals surface area contributed by atoms with Crippen molar-refractivity contribution in [2.45, 2.75) is 26.2 Å². The fourth-order valence-corrected chi connectivity index (χ4v) is 12.3. The molecule has 33 heteroatoms. The molecule has 0 aliphatic heterocycles. The van der Waals surface area contributed by atoms with Gasteiger partial charge in [-0.3, -0.25) is 0 Å². The standard InChI is InChI=1S/2C20H13ClFN7.2C15H11ClFN3.C5H3ClN4/c21-12-5-2-1-4-11(12)16-15(29-17-13(22)6-3-7-14(17)28-16)8-23-19-18-20(25-9-24-18)27-10-26-19;21-12-5-2-1-4-11(12)16-15(28-14-7-3-6-13(22)17(14)29-16)8-23-19-18-20(25-9-24-18)27-10-26-19;16-10-5-2-1-4-9(10)14-13(8-18)20-15-11(17)6-3-7-12(15)19-14;16-10-5-2-1-4-9(10)14-13(8-18)19-12-7-3-6-11(17)15(12)20-14;6-4-3-5(9-1-7-3)10-2-8-4/h2*1-7,9-10H,8H2,(H2,23,24,25,26,27);2*1-7H,8,18H2;1-2H,(H,7,8,9,10). The van der Waals surface area contributed by atoms with E-state index in [1.54, 1.807) is 85.5 Å². The van der Waals surface area contributed by atoms with Crippen LogP contribution in [0.4, 0.5) is 29.2 Å². The highest BCUT2D eigenvalue weighted by atomic mass is 35.5. The van der Waals surface area contributed by atoms with Gasteiger partial charge in [0, 0.05) is 35.3 Å². The van der Waals surface area contributed by atoms with E-state index in [4.69, 9.17) is 69.5 Å². The first kappa shape index (κ1) is 72.4. The number of aromatic nitrogens is 20. The van der Waals surface area contributed by atoms with Crippen LogP contribution in [0.15, 0.2) is 208 Å². The molecule has 8 aromatic carbocycles. The molecule has 0 aliphatic rings. The van der Waals surface area contributed by atoms with Gasteiger partial charge in [0.25, 0.3) is 0 Å². The Morgan fingerprint density at radius 3 is 1.01 bits per heavy atom. The van der Waals surface area contributed by atoms with Gasteiger partial charge in [-0.25, -0.2) is 102 Å². The summed E-state index contributed by atoms with van der Waals surface area (Å²) in [7, 11) is 0. The quantitative estimate of drug-likeness (QED) is 0.0441. The van der Waals surface area contributed by atoms with Gasteiger partial charge in [-0.1, -0.05) is 155 Å². The summed E-state index contributed by atoms with van der Waals surface area (Å²) in [5, 5.41) is 9.00. The van der Waals surface area contributed by atoms with Crippen LogP contribution in [0.3, 0.4) is 0 Å². The monoisotopic (exact) mass is 1540 g/mol. The number of para-hydroxylation sites is 4. The van der Waals surface area contributed by atoms with Crippen LogP contribution in [0.2, 0.25) is 25.2 Å². The maximum absolute atomic E-state index is 14.3. The van der Waals surface area contributed by atoms with Crippen LogP contribution >= 0.6 is 58.0 Å². The Balaban J connectivity index is 0.000000117. The van der Waals surface area contributed by atoms with Crippen molar-refractivity contribution in [1.29, 1.82) is 0 Å². The minimum Gasteiger partial charge on any atom is -0.362 e. The SMILES string of the molecule is Clc1ncnc2nc[nH]c12.Fc1cccc2nc(-c3ccccc3Cl)c(CNc3ncnc4nc[nH]c34)nc12.Fc1cccc2nc(CNc3ncnc4nc[nH]c34)c(-c3ccccc3Cl)nc12.NCc1nc2c(F)cccc2nc1-c1ccccc1Cl.NCc1nc2cccc(F)c2nc1-c1ccccc1Cl. The Morgan fingerprint density at radius 2 is 0.611 bits per heavy atom. The maximum Gasteiger partial charge on any atom is 0.182 e. The van der Waals surface area contributed by atoms with Crippen LogP contribution in [-0.2, 0) is 26.2 Å². The number of nitrogens with zero attached hydrogens (tertiary/aromatic N) is 17. The summed E-state index contributed by atoms with van der Waals surface area (Å²) in [5.74, 6) is -0.535. The average Bonchev–Trinajstić information content (AvgIpc) is 0.815. The molecule has 18 rings (SSSR count). The van der Waals surface area contributed by atoms with Crippen molar-refractivity contribution in [2.75, 3.05) is 10.6 Å². The first-order valence-corrected chi connectivity index (χ1v) is 34.3. The lowest BCUT2D eigenvalue weighted by atomic mass is 10.1. The molecule has 0 bridgehead atoms. The zero-order chi connectivity index (χ0) is 74.8. The second-order valence-electron chi connectivity index (χ2n) is 23.0. The Labute approximate surface area is 633 Å². The molecule has 534 valence electrons. The predicted molar refractivity (Wildman–Crippen MR) is 410 cm³/mol. The van der Waals surface area contributed by atoms with Gasteiger partial charge < -0.3 is 37.1 Å².